The number of non-ortho nitro benzene ring substituents is 1. The molecule has 2 amide bonds. The van der Waals surface area contributed by atoms with Crippen LogP contribution in [-0.2, 0) is 4.79 Å². The first-order valence-corrected chi connectivity index (χ1v) is 12.3. The van der Waals surface area contributed by atoms with Gasteiger partial charge in [-0.1, -0.05) is 48.5 Å². The number of hydrogen-bond donors (Lipinski definition) is 2. The zero-order valence-electron chi connectivity index (χ0n) is 21.5. The molecule has 0 aliphatic heterocycles. The number of nitro groups is 1. The molecule has 0 saturated heterocycles. The highest BCUT2D eigenvalue weighted by Gasteiger charge is 2.16. The molecule has 0 bridgehead atoms. The van der Waals surface area contributed by atoms with Gasteiger partial charge in [-0.3, -0.25) is 24.5 Å². The van der Waals surface area contributed by atoms with Crippen LogP contribution in [0.5, 0.6) is 0 Å². The van der Waals surface area contributed by atoms with Crippen molar-refractivity contribution in [3.63, 3.8) is 0 Å². The molecular formula is C32H25N3O5. The summed E-state index contributed by atoms with van der Waals surface area (Å²) in [6.45, 7) is 1.91. The summed E-state index contributed by atoms with van der Waals surface area (Å²) in [6.07, 6.45) is 4.56. The number of amides is 2. The van der Waals surface area contributed by atoms with Crippen molar-refractivity contribution in [2.75, 3.05) is 5.32 Å². The van der Waals surface area contributed by atoms with Crippen LogP contribution in [-0.4, -0.2) is 22.5 Å². The lowest BCUT2D eigenvalue weighted by molar-refractivity contribution is -0.384. The van der Waals surface area contributed by atoms with Crippen LogP contribution < -0.4 is 10.6 Å². The van der Waals surface area contributed by atoms with Crippen LogP contribution in [0.15, 0.2) is 115 Å². The number of aryl methyl sites for hydroxylation is 1. The van der Waals surface area contributed by atoms with Crippen LogP contribution in [0.2, 0.25) is 0 Å². The molecule has 0 unspecified atom stereocenters. The maximum Gasteiger partial charge on any atom is 0.272 e. The van der Waals surface area contributed by atoms with Gasteiger partial charge in [0, 0.05) is 28.9 Å². The van der Waals surface area contributed by atoms with E-state index in [4.69, 9.17) is 0 Å². The molecule has 40 heavy (non-hydrogen) atoms. The number of nitrogens with one attached hydrogen (secondary N) is 2. The van der Waals surface area contributed by atoms with Gasteiger partial charge < -0.3 is 10.6 Å². The molecule has 8 heteroatoms. The van der Waals surface area contributed by atoms with E-state index in [1.54, 1.807) is 78.9 Å². The third-order valence-corrected chi connectivity index (χ3v) is 5.98. The van der Waals surface area contributed by atoms with Crippen LogP contribution in [0, 0.1) is 17.0 Å². The predicted octanol–water partition coefficient (Wildman–Crippen LogP) is 6.21. The summed E-state index contributed by atoms with van der Waals surface area (Å²) in [7, 11) is 0. The first kappa shape index (κ1) is 27.4. The standard InChI is InChI=1S/C32H25N3O5/c1-22-7-5-6-10-26(22)21-29(34-31(37)25-8-3-2-4-9-25)32(38)33-27-16-14-24(15-17-27)30(36)20-13-23-11-18-28(19-12-23)35(39)40/h2-21H,1H3,(H,33,38)(H,34,37)/b20-13+,29-21-. The lowest BCUT2D eigenvalue weighted by atomic mass is 10.1. The number of carbonyl (C=O) groups excluding carboxylic acids is 3. The topological polar surface area (TPSA) is 118 Å². The smallest absolute Gasteiger partial charge is 0.272 e. The molecule has 2 N–H and O–H groups in total. The molecule has 4 rings (SSSR count). The predicted molar refractivity (Wildman–Crippen MR) is 155 cm³/mol. The van der Waals surface area contributed by atoms with E-state index in [-0.39, 0.29) is 17.2 Å². The summed E-state index contributed by atoms with van der Waals surface area (Å²) in [4.78, 5) is 48.9. The molecule has 0 spiro atoms. The second-order valence-corrected chi connectivity index (χ2v) is 8.81. The van der Waals surface area contributed by atoms with E-state index in [1.807, 2.05) is 31.2 Å². The van der Waals surface area contributed by atoms with Crippen molar-refractivity contribution in [2.45, 2.75) is 6.92 Å². The average molecular weight is 532 g/mol. The van der Waals surface area contributed by atoms with Crippen molar-refractivity contribution >= 4 is 41.1 Å². The van der Waals surface area contributed by atoms with Crippen molar-refractivity contribution in [3.8, 4) is 0 Å². The Kier molecular flexibility index (Phi) is 8.73. The molecule has 0 radical (unpaired) electrons. The minimum absolute atomic E-state index is 0.0300. The Balaban J connectivity index is 1.48. The molecule has 8 nitrogen and oxygen atoms in total. The summed E-state index contributed by atoms with van der Waals surface area (Å²) in [5, 5.41) is 16.3. The van der Waals surface area contributed by atoms with Gasteiger partial charge in [-0.2, -0.15) is 0 Å². The largest absolute Gasteiger partial charge is 0.321 e. The Hall–Kier alpha value is -5.63. The number of allylic oxidation sites excluding steroid dienone is 1. The first-order valence-electron chi connectivity index (χ1n) is 12.3. The van der Waals surface area contributed by atoms with E-state index in [0.717, 1.165) is 11.1 Å². The van der Waals surface area contributed by atoms with Gasteiger partial charge in [0.05, 0.1) is 4.92 Å². The number of nitro benzene ring substituents is 1. The van der Waals surface area contributed by atoms with Gasteiger partial charge in [0.2, 0.25) is 0 Å². The summed E-state index contributed by atoms with van der Waals surface area (Å²) in [5.41, 5.74) is 3.64. The molecule has 0 saturated carbocycles. The van der Waals surface area contributed by atoms with Gasteiger partial charge in [0.25, 0.3) is 17.5 Å². The Morgan fingerprint density at radius 2 is 1.43 bits per heavy atom. The molecule has 198 valence electrons. The Labute approximate surface area is 230 Å². The fourth-order valence-electron chi connectivity index (χ4n) is 3.74. The number of ketones is 1. The third kappa shape index (κ3) is 7.23. The second kappa shape index (κ2) is 12.7. The summed E-state index contributed by atoms with van der Waals surface area (Å²) in [6, 6.07) is 28.3. The fraction of sp³-hybridized carbons (Fsp3) is 0.0312. The monoisotopic (exact) mass is 531 g/mol. The molecule has 0 aromatic heterocycles. The Morgan fingerprint density at radius 3 is 2.08 bits per heavy atom. The normalized spacial score (nSPS) is 11.2. The first-order chi connectivity index (χ1) is 19.3. The van der Waals surface area contributed by atoms with E-state index in [2.05, 4.69) is 10.6 Å². The van der Waals surface area contributed by atoms with Crippen molar-refractivity contribution in [2.24, 2.45) is 0 Å². The second-order valence-electron chi connectivity index (χ2n) is 8.81. The van der Waals surface area contributed by atoms with E-state index in [0.29, 0.717) is 22.4 Å². The molecular weight excluding hydrogens is 506 g/mol. The third-order valence-electron chi connectivity index (χ3n) is 5.98. The number of carbonyl (C=O) groups is 3. The molecule has 0 fully saturated rings. The van der Waals surface area contributed by atoms with Gasteiger partial charge in [0.1, 0.15) is 5.70 Å². The highest BCUT2D eigenvalue weighted by atomic mass is 16.6. The lowest BCUT2D eigenvalue weighted by Gasteiger charge is -2.12. The Bertz CT molecular complexity index is 1610. The Morgan fingerprint density at radius 1 is 0.775 bits per heavy atom. The highest BCUT2D eigenvalue weighted by molar-refractivity contribution is 6.11. The van der Waals surface area contributed by atoms with Crippen molar-refractivity contribution in [1.82, 2.24) is 5.32 Å². The average Bonchev–Trinajstić information content (AvgIpc) is 2.97. The van der Waals surface area contributed by atoms with Crippen LogP contribution in [0.25, 0.3) is 12.2 Å². The maximum atomic E-state index is 13.2. The number of benzene rings is 4. The van der Waals surface area contributed by atoms with Crippen LogP contribution in [0.4, 0.5) is 11.4 Å². The molecule has 0 aliphatic rings. The van der Waals surface area contributed by atoms with Gasteiger partial charge in [-0.15, -0.1) is 0 Å². The SMILES string of the molecule is Cc1ccccc1/C=C(\NC(=O)c1ccccc1)C(=O)Nc1ccc(C(=O)/C=C/c2ccc([N+](=O)[O-])cc2)cc1. The summed E-state index contributed by atoms with van der Waals surface area (Å²) in [5.74, 6) is -1.22. The lowest BCUT2D eigenvalue weighted by Crippen LogP contribution is -2.30. The molecule has 0 aliphatic carbocycles. The summed E-state index contributed by atoms with van der Waals surface area (Å²) < 4.78 is 0. The zero-order valence-corrected chi connectivity index (χ0v) is 21.5. The maximum absolute atomic E-state index is 13.2. The van der Waals surface area contributed by atoms with Gasteiger partial charge in [-0.25, -0.2) is 0 Å². The van der Waals surface area contributed by atoms with Crippen LogP contribution in [0.1, 0.15) is 37.4 Å². The van der Waals surface area contributed by atoms with Gasteiger partial charge >= 0.3 is 0 Å². The van der Waals surface area contributed by atoms with E-state index < -0.39 is 16.7 Å². The van der Waals surface area contributed by atoms with Crippen molar-refractivity contribution in [3.05, 3.63) is 153 Å². The van der Waals surface area contributed by atoms with Crippen LogP contribution in [0.3, 0.4) is 0 Å². The van der Waals surface area contributed by atoms with Crippen molar-refractivity contribution < 1.29 is 19.3 Å². The van der Waals surface area contributed by atoms with E-state index in [9.17, 15) is 24.5 Å². The minimum Gasteiger partial charge on any atom is -0.321 e. The molecule has 0 atom stereocenters. The van der Waals surface area contributed by atoms with E-state index >= 15 is 0 Å². The molecule has 4 aromatic carbocycles. The summed E-state index contributed by atoms with van der Waals surface area (Å²) >= 11 is 0. The number of anilines is 1. The van der Waals surface area contributed by atoms with Crippen LogP contribution >= 0.6 is 0 Å². The zero-order chi connectivity index (χ0) is 28.5. The number of nitrogens with zero attached hydrogens (tertiary/aromatic N) is 1. The number of rotatable bonds is 9. The quantitative estimate of drug-likeness (QED) is 0.115. The molecule has 4 aromatic rings. The van der Waals surface area contributed by atoms with Gasteiger partial charge in [0.15, 0.2) is 5.78 Å². The van der Waals surface area contributed by atoms with Gasteiger partial charge in [-0.05, 0) is 84.3 Å². The number of hydrogen-bond acceptors (Lipinski definition) is 5. The van der Waals surface area contributed by atoms with Crippen molar-refractivity contribution in [1.29, 1.82) is 0 Å². The van der Waals surface area contributed by atoms with E-state index in [1.165, 1.54) is 18.2 Å². The highest BCUT2D eigenvalue weighted by Crippen LogP contribution is 2.17. The minimum atomic E-state index is -0.523. The fourth-order valence-corrected chi connectivity index (χ4v) is 3.74. The molecule has 0 heterocycles.